The molecule has 0 bridgehead atoms. The minimum absolute atomic E-state index is 0.0191. The van der Waals surface area contributed by atoms with Crippen LogP contribution in [0.5, 0.6) is 5.88 Å². The zero-order chi connectivity index (χ0) is 37.3. The lowest BCUT2D eigenvalue weighted by atomic mass is 10.0. The van der Waals surface area contributed by atoms with Gasteiger partial charge in [-0.2, -0.15) is 0 Å². The maximum absolute atomic E-state index is 14.5. The Morgan fingerprint density at radius 2 is 1.92 bits per heavy atom. The quantitative estimate of drug-likeness (QED) is 0.285. The van der Waals surface area contributed by atoms with Crippen LogP contribution in [0.15, 0.2) is 48.9 Å². The van der Waals surface area contributed by atoms with Crippen molar-refractivity contribution in [2.75, 3.05) is 6.54 Å². The number of aromatic nitrogens is 4. The van der Waals surface area contributed by atoms with Crippen molar-refractivity contribution in [3.63, 3.8) is 0 Å². The Morgan fingerprint density at radius 1 is 1.09 bits per heavy atom. The first-order chi connectivity index (χ1) is 25.5. The van der Waals surface area contributed by atoms with E-state index in [-0.39, 0.29) is 42.9 Å². The molecule has 0 spiro atoms. The molecule has 17 heteroatoms. The van der Waals surface area contributed by atoms with Crippen LogP contribution in [0.2, 0.25) is 0 Å². The standard InChI is InChI=1S/C36H41FN8O7S/c1-2-25-33(42-29-16-22(37)10-13-26(29)40-25)52-23-17-30-32(47)43-36(35(49)44-53(50,51)24-11-12-24)18-21(36)8-6-4-3-5-7-9-28(34(48)45(30)19-23)41-31(46)27-14-15-38-20-39-27/h6,8,10,13-16,20-21,23-24,28,30H,2-5,7,9,11-12,17-19H2,1H3,(H,41,46)(H,43,47)(H,44,49)/b8-6-/t21-,23-,28+,30+,36-/m1/s1. The first-order valence-electron chi connectivity index (χ1n) is 18.0. The van der Waals surface area contributed by atoms with Crippen molar-refractivity contribution in [1.82, 2.24) is 40.2 Å². The first-order valence-corrected chi connectivity index (χ1v) is 19.6. The highest BCUT2D eigenvalue weighted by Crippen LogP contribution is 2.46. The van der Waals surface area contributed by atoms with Crippen molar-refractivity contribution in [3.05, 3.63) is 66.1 Å². The molecule has 2 saturated carbocycles. The van der Waals surface area contributed by atoms with E-state index in [1.807, 2.05) is 19.1 Å². The van der Waals surface area contributed by atoms with Gasteiger partial charge in [-0.3, -0.25) is 23.9 Å². The van der Waals surface area contributed by atoms with Gasteiger partial charge in [-0.1, -0.05) is 31.9 Å². The Kier molecular flexibility index (Phi) is 10.1. The number of rotatable bonds is 8. The molecular formula is C36H41FN8O7S. The van der Waals surface area contributed by atoms with E-state index in [9.17, 15) is 32.0 Å². The number of hydrogen-bond acceptors (Lipinski definition) is 11. The summed E-state index contributed by atoms with van der Waals surface area (Å²) in [4.78, 5) is 74.1. The Balaban J connectivity index is 1.20. The van der Waals surface area contributed by atoms with Gasteiger partial charge in [0.05, 0.1) is 22.8 Å². The van der Waals surface area contributed by atoms with Gasteiger partial charge in [0.25, 0.3) is 11.8 Å². The molecule has 3 N–H and O–H groups in total. The topological polar surface area (TPSA) is 203 Å². The fourth-order valence-corrected chi connectivity index (χ4v) is 8.40. The third kappa shape index (κ3) is 7.84. The molecule has 2 aliphatic carbocycles. The molecule has 4 heterocycles. The number of nitrogens with one attached hydrogen (secondary N) is 3. The Bertz CT molecular complexity index is 2060. The minimum Gasteiger partial charge on any atom is -0.471 e. The maximum atomic E-state index is 14.5. The Morgan fingerprint density at radius 3 is 2.68 bits per heavy atom. The molecule has 15 nitrogen and oxygen atoms in total. The van der Waals surface area contributed by atoms with Gasteiger partial charge in [0.1, 0.15) is 47.3 Å². The van der Waals surface area contributed by atoms with Gasteiger partial charge in [-0.15, -0.1) is 0 Å². The molecular weight excluding hydrogens is 708 g/mol. The number of nitrogens with zero attached hydrogens (tertiary/aromatic N) is 5. The monoisotopic (exact) mass is 748 g/mol. The number of sulfonamides is 1. The van der Waals surface area contributed by atoms with E-state index < -0.39 is 74.4 Å². The van der Waals surface area contributed by atoms with Crippen molar-refractivity contribution in [2.24, 2.45) is 5.92 Å². The predicted octanol–water partition coefficient (Wildman–Crippen LogP) is 2.27. The van der Waals surface area contributed by atoms with Gasteiger partial charge >= 0.3 is 0 Å². The number of amides is 4. The summed E-state index contributed by atoms with van der Waals surface area (Å²) in [5.74, 6) is -3.42. The van der Waals surface area contributed by atoms with E-state index in [1.165, 1.54) is 41.7 Å². The molecule has 2 aliphatic heterocycles. The van der Waals surface area contributed by atoms with E-state index in [0.717, 1.165) is 12.8 Å². The number of halogens is 1. The number of hydrogen-bond donors (Lipinski definition) is 3. The van der Waals surface area contributed by atoms with Crippen LogP contribution in [0.4, 0.5) is 4.39 Å². The summed E-state index contributed by atoms with van der Waals surface area (Å²) in [6.07, 6.45) is 10.2. The Labute approximate surface area is 305 Å². The van der Waals surface area contributed by atoms with Crippen molar-refractivity contribution >= 4 is 44.7 Å². The van der Waals surface area contributed by atoms with Crippen LogP contribution in [0.3, 0.4) is 0 Å². The van der Waals surface area contributed by atoms with Crippen LogP contribution in [0, 0.1) is 11.7 Å². The molecule has 5 atom stereocenters. The van der Waals surface area contributed by atoms with Crippen LogP contribution >= 0.6 is 0 Å². The number of ether oxygens (including phenoxy) is 1. The second-order valence-electron chi connectivity index (χ2n) is 14.1. The maximum Gasteiger partial charge on any atom is 0.270 e. The summed E-state index contributed by atoms with van der Waals surface area (Å²) in [5, 5.41) is 4.99. The summed E-state index contributed by atoms with van der Waals surface area (Å²) in [5.41, 5.74) is -0.217. The molecule has 0 unspecified atom stereocenters. The largest absolute Gasteiger partial charge is 0.471 e. The van der Waals surface area contributed by atoms with Crippen LogP contribution < -0.4 is 20.1 Å². The molecule has 3 fully saturated rings. The normalized spacial score (nSPS) is 27.0. The molecule has 7 rings (SSSR count). The summed E-state index contributed by atoms with van der Waals surface area (Å²) in [6, 6.07) is 3.28. The number of carbonyl (C=O) groups is 4. The lowest BCUT2D eigenvalue weighted by molar-refractivity contribution is -0.141. The van der Waals surface area contributed by atoms with Crippen molar-refractivity contribution in [3.8, 4) is 5.88 Å². The van der Waals surface area contributed by atoms with Gasteiger partial charge in [-0.25, -0.2) is 32.7 Å². The molecule has 1 aromatic carbocycles. The van der Waals surface area contributed by atoms with Crippen molar-refractivity contribution in [2.45, 2.75) is 100 Å². The van der Waals surface area contributed by atoms with E-state index in [4.69, 9.17) is 4.74 Å². The molecule has 3 aromatic rings. The number of aryl methyl sites for hydroxylation is 1. The fraction of sp³-hybridized carbons (Fsp3) is 0.500. The second-order valence-corrected chi connectivity index (χ2v) is 16.0. The van der Waals surface area contributed by atoms with Crippen LogP contribution in [0.25, 0.3) is 11.0 Å². The van der Waals surface area contributed by atoms with E-state index in [2.05, 4.69) is 35.3 Å². The fourth-order valence-electron chi connectivity index (χ4n) is 7.03. The zero-order valence-corrected chi connectivity index (χ0v) is 30.0. The van der Waals surface area contributed by atoms with E-state index in [0.29, 0.717) is 43.3 Å². The van der Waals surface area contributed by atoms with Crippen LogP contribution in [-0.2, 0) is 30.8 Å². The van der Waals surface area contributed by atoms with Gasteiger partial charge in [-0.05, 0) is 63.1 Å². The van der Waals surface area contributed by atoms with Crippen molar-refractivity contribution in [1.29, 1.82) is 0 Å². The molecule has 1 saturated heterocycles. The molecule has 0 radical (unpaired) electrons. The predicted molar refractivity (Wildman–Crippen MR) is 188 cm³/mol. The number of allylic oxidation sites excluding steroid dienone is 1. The van der Waals surface area contributed by atoms with E-state index in [1.54, 1.807) is 0 Å². The second kappa shape index (κ2) is 14.8. The molecule has 2 aromatic heterocycles. The number of benzene rings is 1. The summed E-state index contributed by atoms with van der Waals surface area (Å²) in [7, 11) is -3.91. The smallest absolute Gasteiger partial charge is 0.270 e. The van der Waals surface area contributed by atoms with Gasteiger partial charge in [0, 0.05) is 24.6 Å². The van der Waals surface area contributed by atoms with Crippen molar-refractivity contribution < 1.29 is 36.7 Å². The van der Waals surface area contributed by atoms with Crippen LogP contribution in [-0.4, -0.2) is 92.4 Å². The molecule has 4 amide bonds. The number of carbonyl (C=O) groups excluding carboxylic acids is 4. The Hall–Kier alpha value is -5.06. The summed E-state index contributed by atoms with van der Waals surface area (Å²) < 4.78 is 48.2. The first kappa shape index (κ1) is 36.3. The molecule has 4 aliphatic rings. The minimum atomic E-state index is -3.91. The average molecular weight is 749 g/mol. The van der Waals surface area contributed by atoms with Crippen LogP contribution in [0.1, 0.15) is 80.9 Å². The third-order valence-corrected chi connectivity index (χ3v) is 12.1. The number of fused-ring (bicyclic) bond motifs is 3. The lowest BCUT2D eigenvalue weighted by Crippen LogP contribution is -2.58. The van der Waals surface area contributed by atoms with Gasteiger partial charge in [0.2, 0.25) is 27.7 Å². The zero-order valence-electron chi connectivity index (χ0n) is 29.2. The highest BCUT2D eigenvalue weighted by atomic mass is 32.2. The third-order valence-electron chi connectivity index (χ3n) is 10.2. The SMILES string of the molecule is CCc1nc2ccc(F)cc2nc1O[C@@H]1C[C@H]2C(=O)N[C@]3(C(=O)NS(=O)(=O)C4CC4)C[C@H]3/C=C\CCCCC[C@H](NC(=O)c3ccncn3)C(=O)N2C1. The summed E-state index contributed by atoms with van der Waals surface area (Å²) in [6.45, 7) is 1.78. The molecule has 280 valence electrons. The van der Waals surface area contributed by atoms with Gasteiger partial charge < -0.3 is 20.3 Å². The average Bonchev–Trinajstić information content (AvgIpc) is 4.07. The van der Waals surface area contributed by atoms with Gasteiger partial charge in [0.15, 0.2) is 0 Å². The molecule has 53 heavy (non-hydrogen) atoms. The lowest BCUT2D eigenvalue weighted by Gasteiger charge is -2.29. The highest BCUT2D eigenvalue weighted by Gasteiger charge is 2.62. The summed E-state index contributed by atoms with van der Waals surface area (Å²) >= 11 is 0. The van der Waals surface area contributed by atoms with E-state index >= 15 is 0 Å². The highest BCUT2D eigenvalue weighted by molar-refractivity contribution is 7.91.